The SMILES string of the molecule is FC(F)c1cc(C(F)F)c2ccc(Cl)cc2n1. The minimum absolute atomic E-state index is 0.0469. The van der Waals surface area contributed by atoms with Gasteiger partial charge in [-0.2, -0.15) is 0 Å². The van der Waals surface area contributed by atoms with Gasteiger partial charge < -0.3 is 0 Å². The number of benzene rings is 1. The van der Waals surface area contributed by atoms with Crippen LogP contribution in [0.1, 0.15) is 24.1 Å². The maximum atomic E-state index is 12.7. The summed E-state index contributed by atoms with van der Waals surface area (Å²) in [6.07, 6.45) is -5.73. The molecule has 1 nitrogen and oxygen atoms in total. The molecule has 0 bridgehead atoms. The van der Waals surface area contributed by atoms with Crippen molar-refractivity contribution in [2.75, 3.05) is 0 Å². The van der Waals surface area contributed by atoms with Gasteiger partial charge in [0.25, 0.3) is 12.9 Å². The Morgan fingerprint density at radius 3 is 2.29 bits per heavy atom. The molecule has 0 amide bonds. The van der Waals surface area contributed by atoms with Crippen LogP contribution in [-0.2, 0) is 0 Å². The van der Waals surface area contributed by atoms with Crippen LogP contribution in [-0.4, -0.2) is 4.98 Å². The molecule has 0 radical (unpaired) electrons. The molecule has 6 heteroatoms. The Morgan fingerprint density at radius 2 is 1.71 bits per heavy atom. The fraction of sp³-hybridized carbons (Fsp3) is 0.182. The number of fused-ring (bicyclic) bond motifs is 1. The van der Waals surface area contributed by atoms with Gasteiger partial charge in [0.15, 0.2) is 0 Å². The second-order valence-corrected chi connectivity index (χ2v) is 3.84. The summed E-state index contributed by atoms with van der Waals surface area (Å²) in [6, 6.07) is 4.78. The summed E-state index contributed by atoms with van der Waals surface area (Å²) in [5.41, 5.74) is -1.08. The van der Waals surface area contributed by atoms with Crippen LogP contribution in [0.3, 0.4) is 0 Å². The summed E-state index contributed by atoms with van der Waals surface area (Å²) < 4.78 is 50.5. The molecule has 2 rings (SSSR count). The van der Waals surface area contributed by atoms with E-state index in [-0.39, 0.29) is 15.9 Å². The van der Waals surface area contributed by atoms with Crippen LogP contribution < -0.4 is 0 Å². The largest absolute Gasteiger partial charge is 0.280 e. The van der Waals surface area contributed by atoms with Gasteiger partial charge in [0.2, 0.25) is 0 Å². The van der Waals surface area contributed by atoms with E-state index in [2.05, 4.69) is 4.98 Å². The van der Waals surface area contributed by atoms with Crippen molar-refractivity contribution in [3.8, 4) is 0 Å². The Kier molecular flexibility index (Phi) is 3.19. The summed E-state index contributed by atoms with van der Waals surface area (Å²) >= 11 is 5.67. The average Bonchev–Trinajstić information content (AvgIpc) is 2.26. The quantitative estimate of drug-likeness (QED) is 0.712. The predicted octanol–water partition coefficient (Wildman–Crippen LogP) is 4.76. The molecular formula is C11H6ClF4N. The van der Waals surface area contributed by atoms with Crippen LogP contribution in [0, 0.1) is 0 Å². The lowest BCUT2D eigenvalue weighted by Gasteiger charge is -2.08. The van der Waals surface area contributed by atoms with Gasteiger partial charge >= 0.3 is 0 Å². The molecule has 1 aromatic carbocycles. The van der Waals surface area contributed by atoms with Gasteiger partial charge in [0, 0.05) is 16.0 Å². The zero-order valence-corrected chi connectivity index (χ0v) is 9.06. The van der Waals surface area contributed by atoms with Crippen LogP contribution in [0.5, 0.6) is 0 Å². The molecule has 0 aliphatic heterocycles. The van der Waals surface area contributed by atoms with Gasteiger partial charge in [-0.25, -0.2) is 22.5 Å². The van der Waals surface area contributed by atoms with Crippen molar-refractivity contribution in [1.82, 2.24) is 4.98 Å². The molecule has 0 saturated heterocycles. The lowest BCUT2D eigenvalue weighted by Crippen LogP contribution is -1.96. The van der Waals surface area contributed by atoms with E-state index >= 15 is 0 Å². The Hall–Kier alpha value is -1.36. The van der Waals surface area contributed by atoms with E-state index in [9.17, 15) is 17.6 Å². The third-order valence-electron chi connectivity index (χ3n) is 2.28. The first-order chi connectivity index (χ1) is 7.99. The second kappa shape index (κ2) is 4.49. The standard InChI is InChI=1S/C11H6ClF4N/c12-5-1-2-6-7(10(13)14)4-9(11(15)16)17-8(6)3-5/h1-4,10-11H. The van der Waals surface area contributed by atoms with Gasteiger partial charge in [-0.1, -0.05) is 17.7 Å². The van der Waals surface area contributed by atoms with Crippen molar-refractivity contribution in [3.63, 3.8) is 0 Å². The third-order valence-corrected chi connectivity index (χ3v) is 2.52. The molecule has 0 N–H and O–H groups in total. The molecule has 1 heterocycles. The highest BCUT2D eigenvalue weighted by atomic mass is 35.5. The molecule has 90 valence electrons. The van der Waals surface area contributed by atoms with Crippen LogP contribution in [0.25, 0.3) is 10.9 Å². The molecule has 2 aromatic rings. The molecule has 0 atom stereocenters. The lowest BCUT2D eigenvalue weighted by molar-refractivity contribution is 0.141. The monoisotopic (exact) mass is 263 g/mol. The number of hydrogen-bond acceptors (Lipinski definition) is 1. The van der Waals surface area contributed by atoms with E-state index < -0.39 is 24.1 Å². The van der Waals surface area contributed by atoms with Crippen molar-refractivity contribution in [2.24, 2.45) is 0 Å². The molecule has 0 aliphatic carbocycles. The zero-order chi connectivity index (χ0) is 12.6. The van der Waals surface area contributed by atoms with E-state index in [0.29, 0.717) is 0 Å². The van der Waals surface area contributed by atoms with Gasteiger partial charge in [0.05, 0.1) is 5.52 Å². The van der Waals surface area contributed by atoms with Gasteiger partial charge in [-0.05, 0) is 18.2 Å². The smallest absolute Gasteiger partial charge is 0.247 e. The highest BCUT2D eigenvalue weighted by Crippen LogP contribution is 2.31. The fourth-order valence-corrected chi connectivity index (χ4v) is 1.71. The number of nitrogens with zero attached hydrogens (tertiary/aromatic N) is 1. The number of rotatable bonds is 2. The van der Waals surface area contributed by atoms with Crippen molar-refractivity contribution in [2.45, 2.75) is 12.9 Å². The molecule has 17 heavy (non-hydrogen) atoms. The number of aromatic nitrogens is 1. The highest BCUT2D eigenvalue weighted by Gasteiger charge is 2.18. The normalized spacial score (nSPS) is 11.7. The predicted molar refractivity (Wildman–Crippen MR) is 56.7 cm³/mol. The van der Waals surface area contributed by atoms with E-state index in [1.807, 2.05) is 0 Å². The van der Waals surface area contributed by atoms with E-state index in [1.165, 1.54) is 18.2 Å². The average molecular weight is 264 g/mol. The number of halogens is 5. The van der Waals surface area contributed by atoms with Gasteiger partial charge in [-0.15, -0.1) is 0 Å². The van der Waals surface area contributed by atoms with Crippen LogP contribution >= 0.6 is 11.6 Å². The van der Waals surface area contributed by atoms with Crippen LogP contribution in [0.4, 0.5) is 17.6 Å². The third kappa shape index (κ3) is 2.34. The van der Waals surface area contributed by atoms with E-state index in [4.69, 9.17) is 11.6 Å². The number of hydrogen-bond donors (Lipinski definition) is 0. The molecule has 0 fully saturated rings. The fourth-order valence-electron chi connectivity index (χ4n) is 1.54. The Balaban J connectivity index is 2.76. The minimum Gasteiger partial charge on any atom is -0.247 e. The first kappa shape index (κ1) is 12.1. The summed E-state index contributed by atoms with van der Waals surface area (Å²) in [6.45, 7) is 0. The summed E-state index contributed by atoms with van der Waals surface area (Å²) in [5, 5.41) is 0.394. The number of alkyl halides is 4. The molecule has 1 aromatic heterocycles. The maximum absolute atomic E-state index is 12.7. The van der Waals surface area contributed by atoms with Gasteiger partial charge in [-0.3, -0.25) is 0 Å². The van der Waals surface area contributed by atoms with E-state index in [0.717, 1.165) is 6.07 Å². The molecule has 0 unspecified atom stereocenters. The number of pyridine rings is 1. The Labute approximate surface area is 99.0 Å². The Bertz CT molecular complexity index is 556. The van der Waals surface area contributed by atoms with Crippen molar-refractivity contribution >= 4 is 22.5 Å². The second-order valence-electron chi connectivity index (χ2n) is 3.40. The van der Waals surface area contributed by atoms with Crippen LogP contribution in [0.2, 0.25) is 5.02 Å². The van der Waals surface area contributed by atoms with Crippen molar-refractivity contribution in [3.05, 3.63) is 40.5 Å². The molecular weight excluding hydrogens is 258 g/mol. The zero-order valence-electron chi connectivity index (χ0n) is 8.30. The molecule has 0 saturated carbocycles. The first-order valence-electron chi connectivity index (χ1n) is 4.65. The highest BCUT2D eigenvalue weighted by molar-refractivity contribution is 6.31. The van der Waals surface area contributed by atoms with Gasteiger partial charge in [0.1, 0.15) is 5.69 Å². The van der Waals surface area contributed by atoms with Crippen molar-refractivity contribution in [1.29, 1.82) is 0 Å². The summed E-state index contributed by atoms with van der Waals surface area (Å²) in [4.78, 5) is 3.61. The molecule has 0 spiro atoms. The first-order valence-corrected chi connectivity index (χ1v) is 5.03. The Morgan fingerprint density at radius 1 is 1.00 bits per heavy atom. The van der Waals surface area contributed by atoms with Crippen molar-refractivity contribution < 1.29 is 17.6 Å². The minimum atomic E-state index is -2.89. The maximum Gasteiger partial charge on any atom is 0.280 e. The lowest BCUT2D eigenvalue weighted by atomic mass is 10.1. The van der Waals surface area contributed by atoms with Crippen LogP contribution in [0.15, 0.2) is 24.3 Å². The summed E-state index contributed by atoms with van der Waals surface area (Å²) in [5.74, 6) is 0. The van der Waals surface area contributed by atoms with E-state index in [1.54, 1.807) is 0 Å². The summed E-state index contributed by atoms with van der Waals surface area (Å²) in [7, 11) is 0. The molecule has 0 aliphatic rings. The topological polar surface area (TPSA) is 12.9 Å².